The summed E-state index contributed by atoms with van der Waals surface area (Å²) in [6.07, 6.45) is 1.11. The molecule has 1 rings (SSSR count). The van der Waals surface area contributed by atoms with E-state index in [1.165, 1.54) is 0 Å². The van der Waals surface area contributed by atoms with Gasteiger partial charge in [-0.1, -0.05) is 13.8 Å². The van der Waals surface area contributed by atoms with Crippen LogP contribution in [0.5, 0.6) is 0 Å². The van der Waals surface area contributed by atoms with Crippen molar-refractivity contribution in [2.24, 2.45) is 5.92 Å². The zero-order chi connectivity index (χ0) is 13.4. The molecule has 0 aliphatic carbocycles. The average Bonchev–Trinajstić information content (AvgIpc) is 2.35. The SMILES string of the molecule is CCOCC(NC(C)CC1COCCN1)C(C)C. The van der Waals surface area contributed by atoms with E-state index < -0.39 is 0 Å². The van der Waals surface area contributed by atoms with Crippen molar-refractivity contribution in [2.45, 2.75) is 52.2 Å². The summed E-state index contributed by atoms with van der Waals surface area (Å²) in [5, 5.41) is 7.18. The second kappa shape index (κ2) is 8.86. The molecule has 4 nitrogen and oxygen atoms in total. The van der Waals surface area contributed by atoms with E-state index in [9.17, 15) is 0 Å². The zero-order valence-electron chi connectivity index (χ0n) is 12.4. The predicted octanol–water partition coefficient (Wildman–Crippen LogP) is 1.40. The van der Waals surface area contributed by atoms with Crippen LogP contribution in [0.25, 0.3) is 0 Å². The predicted molar refractivity (Wildman–Crippen MR) is 74.9 cm³/mol. The topological polar surface area (TPSA) is 42.5 Å². The molecule has 1 fully saturated rings. The number of nitrogens with one attached hydrogen (secondary N) is 2. The summed E-state index contributed by atoms with van der Waals surface area (Å²) in [4.78, 5) is 0. The van der Waals surface area contributed by atoms with Gasteiger partial charge in [0, 0.05) is 31.3 Å². The minimum absolute atomic E-state index is 0.435. The Labute approximate surface area is 112 Å². The van der Waals surface area contributed by atoms with Crippen molar-refractivity contribution in [1.82, 2.24) is 10.6 Å². The first kappa shape index (κ1) is 15.9. The molecule has 2 N–H and O–H groups in total. The Morgan fingerprint density at radius 1 is 1.39 bits per heavy atom. The molecule has 3 atom stereocenters. The summed E-state index contributed by atoms with van der Waals surface area (Å²) in [7, 11) is 0. The highest BCUT2D eigenvalue weighted by atomic mass is 16.5. The van der Waals surface area contributed by atoms with E-state index in [2.05, 4.69) is 31.4 Å². The third-order valence-corrected chi connectivity index (χ3v) is 3.44. The summed E-state index contributed by atoms with van der Waals surface area (Å²) in [5.74, 6) is 0.592. The highest BCUT2D eigenvalue weighted by Gasteiger charge is 2.20. The van der Waals surface area contributed by atoms with E-state index in [-0.39, 0.29) is 0 Å². The summed E-state index contributed by atoms with van der Waals surface area (Å²) < 4.78 is 11.0. The van der Waals surface area contributed by atoms with Crippen LogP contribution in [0.1, 0.15) is 34.1 Å². The molecule has 0 spiro atoms. The Kier molecular flexibility index (Phi) is 7.82. The Morgan fingerprint density at radius 2 is 2.17 bits per heavy atom. The van der Waals surface area contributed by atoms with E-state index in [0.717, 1.165) is 39.4 Å². The van der Waals surface area contributed by atoms with E-state index in [1.54, 1.807) is 0 Å². The molecule has 0 amide bonds. The van der Waals surface area contributed by atoms with Gasteiger partial charge in [0.1, 0.15) is 0 Å². The fourth-order valence-electron chi connectivity index (χ4n) is 2.31. The van der Waals surface area contributed by atoms with Gasteiger partial charge < -0.3 is 20.1 Å². The first-order valence-corrected chi connectivity index (χ1v) is 7.28. The quantitative estimate of drug-likeness (QED) is 0.691. The van der Waals surface area contributed by atoms with Crippen molar-refractivity contribution in [3.8, 4) is 0 Å². The third kappa shape index (κ3) is 6.14. The molecular formula is C14H30N2O2. The molecule has 1 aliphatic rings. The van der Waals surface area contributed by atoms with Gasteiger partial charge in [-0.25, -0.2) is 0 Å². The first-order chi connectivity index (χ1) is 8.63. The van der Waals surface area contributed by atoms with E-state index in [4.69, 9.17) is 9.47 Å². The maximum atomic E-state index is 5.54. The maximum Gasteiger partial charge on any atom is 0.0622 e. The minimum atomic E-state index is 0.435. The van der Waals surface area contributed by atoms with Crippen molar-refractivity contribution in [1.29, 1.82) is 0 Å². The van der Waals surface area contributed by atoms with Crippen LogP contribution in [0, 0.1) is 5.92 Å². The highest BCUT2D eigenvalue weighted by molar-refractivity contribution is 4.80. The zero-order valence-corrected chi connectivity index (χ0v) is 12.4. The van der Waals surface area contributed by atoms with Crippen LogP contribution >= 0.6 is 0 Å². The van der Waals surface area contributed by atoms with Crippen molar-refractivity contribution in [3.05, 3.63) is 0 Å². The van der Waals surface area contributed by atoms with Gasteiger partial charge in [0.15, 0.2) is 0 Å². The minimum Gasteiger partial charge on any atom is -0.380 e. The molecule has 1 saturated heterocycles. The largest absolute Gasteiger partial charge is 0.380 e. The number of rotatable bonds is 8. The molecule has 18 heavy (non-hydrogen) atoms. The lowest BCUT2D eigenvalue weighted by Gasteiger charge is -2.30. The number of ether oxygens (including phenoxy) is 2. The molecule has 1 heterocycles. The van der Waals surface area contributed by atoms with Gasteiger partial charge in [-0.05, 0) is 26.2 Å². The van der Waals surface area contributed by atoms with Crippen molar-refractivity contribution >= 4 is 0 Å². The number of hydrogen-bond acceptors (Lipinski definition) is 4. The lowest BCUT2D eigenvalue weighted by Crippen LogP contribution is -2.48. The smallest absolute Gasteiger partial charge is 0.0622 e. The molecule has 0 aromatic rings. The molecule has 0 bridgehead atoms. The van der Waals surface area contributed by atoms with E-state index >= 15 is 0 Å². The fourth-order valence-corrected chi connectivity index (χ4v) is 2.31. The van der Waals surface area contributed by atoms with Crippen LogP contribution < -0.4 is 10.6 Å². The summed E-state index contributed by atoms with van der Waals surface area (Å²) in [6, 6.07) is 1.41. The molecule has 4 heteroatoms. The maximum absolute atomic E-state index is 5.54. The van der Waals surface area contributed by atoms with Gasteiger partial charge in [0.05, 0.1) is 19.8 Å². The van der Waals surface area contributed by atoms with Crippen molar-refractivity contribution in [3.63, 3.8) is 0 Å². The standard InChI is InChI=1S/C14H30N2O2/c1-5-17-10-14(11(2)3)16-12(4)8-13-9-18-7-6-15-13/h11-16H,5-10H2,1-4H3. The summed E-state index contributed by atoms with van der Waals surface area (Å²) in [6.45, 7) is 13.0. The monoisotopic (exact) mass is 258 g/mol. The van der Waals surface area contributed by atoms with Gasteiger partial charge in [-0.3, -0.25) is 0 Å². The molecule has 0 aromatic carbocycles. The molecule has 0 saturated carbocycles. The summed E-state index contributed by atoms with van der Waals surface area (Å²) >= 11 is 0. The lowest BCUT2D eigenvalue weighted by atomic mass is 10.0. The Hall–Kier alpha value is -0.160. The van der Waals surface area contributed by atoms with Crippen LogP contribution in [0.15, 0.2) is 0 Å². The number of morpholine rings is 1. The lowest BCUT2D eigenvalue weighted by molar-refractivity contribution is 0.0672. The van der Waals surface area contributed by atoms with Crippen molar-refractivity contribution < 1.29 is 9.47 Å². The molecule has 1 aliphatic heterocycles. The fraction of sp³-hybridized carbons (Fsp3) is 1.00. The van der Waals surface area contributed by atoms with Crippen LogP contribution in [0.2, 0.25) is 0 Å². The van der Waals surface area contributed by atoms with E-state index in [0.29, 0.717) is 24.0 Å². The second-order valence-corrected chi connectivity index (χ2v) is 5.54. The molecule has 0 aromatic heterocycles. The van der Waals surface area contributed by atoms with Gasteiger partial charge in [-0.2, -0.15) is 0 Å². The van der Waals surface area contributed by atoms with Gasteiger partial charge in [-0.15, -0.1) is 0 Å². The van der Waals surface area contributed by atoms with Crippen LogP contribution in [0.4, 0.5) is 0 Å². The van der Waals surface area contributed by atoms with Crippen LogP contribution in [0.3, 0.4) is 0 Å². The molecule has 108 valence electrons. The average molecular weight is 258 g/mol. The van der Waals surface area contributed by atoms with Crippen molar-refractivity contribution in [2.75, 3.05) is 33.0 Å². The van der Waals surface area contributed by atoms with Crippen LogP contribution in [-0.2, 0) is 9.47 Å². The van der Waals surface area contributed by atoms with Crippen LogP contribution in [-0.4, -0.2) is 51.1 Å². The molecule has 3 unspecified atom stereocenters. The Bertz CT molecular complexity index is 206. The van der Waals surface area contributed by atoms with Gasteiger partial charge in [0.2, 0.25) is 0 Å². The summed E-state index contributed by atoms with van der Waals surface area (Å²) in [5.41, 5.74) is 0. The number of hydrogen-bond donors (Lipinski definition) is 2. The molecule has 0 radical (unpaired) electrons. The third-order valence-electron chi connectivity index (χ3n) is 3.44. The first-order valence-electron chi connectivity index (χ1n) is 7.28. The van der Waals surface area contributed by atoms with Gasteiger partial charge >= 0.3 is 0 Å². The van der Waals surface area contributed by atoms with Gasteiger partial charge in [0.25, 0.3) is 0 Å². The Morgan fingerprint density at radius 3 is 2.72 bits per heavy atom. The Balaban J connectivity index is 2.28. The van der Waals surface area contributed by atoms with E-state index in [1.807, 2.05) is 6.92 Å². The second-order valence-electron chi connectivity index (χ2n) is 5.54. The highest BCUT2D eigenvalue weighted by Crippen LogP contribution is 2.08. The molecular weight excluding hydrogens is 228 g/mol. The normalized spacial score (nSPS) is 24.2.